The van der Waals surface area contributed by atoms with Gasteiger partial charge in [0.25, 0.3) is 0 Å². The van der Waals surface area contributed by atoms with E-state index in [0.717, 1.165) is 5.92 Å². The molecule has 2 nitrogen and oxygen atoms in total. The average Bonchev–Trinajstić information content (AvgIpc) is 3.41. The third-order valence-electron chi connectivity index (χ3n) is 6.68. The van der Waals surface area contributed by atoms with Crippen LogP contribution in [-0.4, -0.2) is 43.0 Å². The molecular weight excluding hydrogens is 280 g/mol. The fraction of sp³-hybridized carbons (Fsp3) is 0.714. The molecular formula is C21H32N2. The molecule has 1 spiro atoms. The molecule has 2 fully saturated rings. The Morgan fingerprint density at radius 3 is 2.61 bits per heavy atom. The summed E-state index contributed by atoms with van der Waals surface area (Å²) in [6, 6.07) is 9.21. The first kappa shape index (κ1) is 15.7. The van der Waals surface area contributed by atoms with Gasteiger partial charge in [0.2, 0.25) is 0 Å². The van der Waals surface area contributed by atoms with Crippen molar-refractivity contribution in [3.8, 4) is 0 Å². The molecule has 1 saturated carbocycles. The number of rotatable bonds is 5. The molecule has 2 heteroatoms. The van der Waals surface area contributed by atoms with Crippen LogP contribution in [0.15, 0.2) is 24.3 Å². The van der Waals surface area contributed by atoms with E-state index < -0.39 is 0 Å². The van der Waals surface area contributed by atoms with E-state index >= 15 is 0 Å². The normalized spacial score (nSPS) is 24.7. The zero-order valence-corrected chi connectivity index (χ0v) is 14.8. The summed E-state index contributed by atoms with van der Waals surface area (Å²) in [5.74, 6) is 1.10. The summed E-state index contributed by atoms with van der Waals surface area (Å²) < 4.78 is 0. The number of piperidine rings is 1. The van der Waals surface area contributed by atoms with Crippen LogP contribution in [0.25, 0.3) is 0 Å². The van der Waals surface area contributed by atoms with Gasteiger partial charge in [-0.1, -0.05) is 49.9 Å². The van der Waals surface area contributed by atoms with Crippen LogP contribution in [0, 0.1) is 5.92 Å². The molecule has 2 heterocycles. The monoisotopic (exact) mass is 312 g/mol. The predicted molar refractivity (Wildman–Crippen MR) is 96.7 cm³/mol. The molecule has 0 N–H and O–H groups in total. The Kier molecular flexibility index (Phi) is 4.47. The summed E-state index contributed by atoms with van der Waals surface area (Å²) >= 11 is 0. The van der Waals surface area contributed by atoms with Crippen molar-refractivity contribution >= 4 is 0 Å². The highest BCUT2D eigenvalue weighted by Gasteiger charge is 2.42. The number of hydrogen-bond donors (Lipinski definition) is 0. The first-order chi connectivity index (χ1) is 11.3. The van der Waals surface area contributed by atoms with E-state index in [9.17, 15) is 0 Å². The molecule has 0 atom stereocenters. The Morgan fingerprint density at radius 2 is 1.83 bits per heavy atom. The van der Waals surface area contributed by atoms with Gasteiger partial charge >= 0.3 is 0 Å². The van der Waals surface area contributed by atoms with Crippen molar-refractivity contribution < 1.29 is 0 Å². The van der Waals surface area contributed by atoms with Crippen LogP contribution in [0.4, 0.5) is 0 Å². The minimum Gasteiger partial charge on any atom is -0.303 e. The highest BCUT2D eigenvalue weighted by atomic mass is 15.2. The second kappa shape index (κ2) is 6.57. The number of unbranched alkanes of at least 4 members (excludes halogenated alkanes) is 1. The molecule has 23 heavy (non-hydrogen) atoms. The van der Waals surface area contributed by atoms with Gasteiger partial charge in [-0.2, -0.15) is 0 Å². The van der Waals surface area contributed by atoms with Crippen molar-refractivity contribution in [2.75, 3.05) is 33.2 Å². The van der Waals surface area contributed by atoms with Gasteiger partial charge in [-0.25, -0.2) is 0 Å². The van der Waals surface area contributed by atoms with Crippen LogP contribution < -0.4 is 0 Å². The summed E-state index contributed by atoms with van der Waals surface area (Å²) in [5, 5.41) is 0. The zero-order chi connectivity index (χ0) is 15.7. The lowest BCUT2D eigenvalue weighted by molar-refractivity contribution is 0.0275. The average molecular weight is 313 g/mol. The molecule has 0 bridgehead atoms. The lowest BCUT2D eigenvalue weighted by atomic mass is 9.74. The Bertz CT molecular complexity index is 526. The summed E-state index contributed by atoms with van der Waals surface area (Å²) in [6.45, 7) is 5.11. The van der Waals surface area contributed by atoms with Crippen molar-refractivity contribution in [3.05, 3.63) is 35.4 Å². The van der Waals surface area contributed by atoms with Crippen molar-refractivity contribution in [2.24, 2.45) is 5.92 Å². The van der Waals surface area contributed by atoms with E-state index in [2.05, 4.69) is 41.1 Å². The number of benzene rings is 1. The Labute approximate surface area is 141 Å². The Hall–Kier alpha value is -0.860. The number of likely N-dealkylation sites (tertiary alicyclic amines) is 1. The highest BCUT2D eigenvalue weighted by Crippen LogP contribution is 2.42. The van der Waals surface area contributed by atoms with Crippen LogP contribution in [0.5, 0.6) is 0 Å². The second-order valence-corrected chi connectivity index (χ2v) is 8.14. The molecule has 1 aliphatic carbocycles. The molecule has 1 aromatic carbocycles. The maximum atomic E-state index is 2.73. The van der Waals surface area contributed by atoms with Crippen molar-refractivity contribution in [3.63, 3.8) is 0 Å². The number of likely N-dealkylation sites (N-methyl/N-ethyl adjacent to an activating group) is 1. The molecule has 0 aromatic heterocycles. The lowest BCUT2D eigenvalue weighted by Crippen LogP contribution is -2.54. The van der Waals surface area contributed by atoms with Crippen LogP contribution in [-0.2, 0) is 12.0 Å². The van der Waals surface area contributed by atoms with Gasteiger partial charge in [0, 0.05) is 25.2 Å². The maximum absolute atomic E-state index is 2.73. The van der Waals surface area contributed by atoms with Gasteiger partial charge in [-0.3, -0.25) is 4.90 Å². The molecule has 4 rings (SSSR count). The standard InChI is InChI=1S/C21H32N2/c1-22-15-11-19-7-2-3-8-20(19)21(22)12-16-23(17-13-21)14-5-4-6-18-9-10-18/h2-3,7-8,18H,4-6,9-17H2,1H3. The van der Waals surface area contributed by atoms with E-state index in [1.54, 1.807) is 11.1 Å². The summed E-state index contributed by atoms with van der Waals surface area (Å²) in [4.78, 5) is 5.38. The second-order valence-electron chi connectivity index (χ2n) is 8.14. The fourth-order valence-corrected chi connectivity index (χ4v) is 4.87. The third kappa shape index (κ3) is 3.21. The fourth-order valence-electron chi connectivity index (χ4n) is 4.87. The summed E-state index contributed by atoms with van der Waals surface area (Å²) in [5.41, 5.74) is 3.55. The van der Waals surface area contributed by atoms with E-state index in [1.807, 2.05) is 0 Å². The summed E-state index contributed by atoms with van der Waals surface area (Å²) in [7, 11) is 2.35. The van der Waals surface area contributed by atoms with Crippen molar-refractivity contribution in [2.45, 2.75) is 56.9 Å². The SMILES string of the molecule is CN1CCc2ccccc2C12CCN(CCCCC1CC1)CC2. The van der Waals surface area contributed by atoms with Crippen molar-refractivity contribution in [1.82, 2.24) is 9.80 Å². The maximum Gasteiger partial charge on any atom is 0.0484 e. The van der Waals surface area contributed by atoms with E-state index in [1.165, 1.54) is 77.5 Å². The van der Waals surface area contributed by atoms with Crippen LogP contribution >= 0.6 is 0 Å². The van der Waals surface area contributed by atoms with Gasteiger partial charge in [-0.05, 0) is 56.3 Å². The van der Waals surface area contributed by atoms with Gasteiger partial charge in [0.15, 0.2) is 0 Å². The first-order valence-electron chi connectivity index (χ1n) is 9.80. The largest absolute Gasteiger partial charge is 0.303 e. The van der Waals surface area contributed by atoms with Crippen molar-refractivity contribution in [1.29, 1.82) is 0 Å². The minimum atomic E-state index is 0.319. The first-order valence-corrected chi connectivity index (χ1v) is 9.80. The van der Waals surface area contributed by atoms with E-state index in [4.69, 9.17) is 0 Å². The molecule has 1 saturated heterocycles. The zero-order valence-electron chi connectivity index (χ0n) is 14.8. The molecule has 3 aliphatic rings. The highest BCUT2D eigenvalue weighted by molar-refractivity contribution is 5.37. The predicted octanol–water partition coefficient (Wildman–Crippen LogP) is 4.05. The number of nitrogens with zero attached hydrogens (tertiary/aromatic N) is 2. The minimum absolute atomic E-state index is 0.319. The number of hydrogen-bond acceptors (Lipinski definition) is 2. The molecule has 1 aromatic rings. The number of fused-ring (bicyclic) bond motifs is 2. The molecule has 0 amide bonds. The van der Waals surface area contributed by atoms with E-state index in [-0.39, 0.29) is 0 Å². The van der Waals surface area contributed by atoms with Crippen LogP contribution in [0.1, 0.15) is 56.1 Å². The van der Waals surface area contributed by atoms with Crippen LogP contribution in [0.3, 0.4) is 0 Å². The third-order valence-corrected chi connectivity index (χ3v) is 6.68. The molecule has 126 valence electrons. The smallest absolute Gasteiger partial charge is 0.0484 e. The van der Waals surface area contributed by atoms with Gasteiger partial charge in [0.1, 0.15) is 0 Å². The topological polar surface area (TPSA) is 6.48 Å². The Morgan fingerprint density at radius 1 is 1.04 bits per heavy atom. The van der Waals surface area contributed by atoms with Gasteiger partial charge in [0.05, 0.1) is 0 Å². The van der Waals surface area contributed by atoms with Gasteiger partial charge in [-0.15, -0.1) is 0 Å². The molecule has 2 aliphatic heterocycles. The van der Waals surface area contributed by atoms with Crippen LogP contribution in [0.2, 0.25) is 0 Å². The molecule has 0 unspecified atom stereocenters. The van der Waals surface area contributed by atoms with E-state index in [0.29, 0.717) is 5.54 Å². The Balaban J connectivity index is 1.36. The summed E-state index contributed by atoms with van der Waals surface area (Å²) in [6.07, 6.45) is 11.2. The van der Waals surface area contributed by atoms with Gasteiger partial charge < -0.3 is 4.90 Å². The quantitative estimate of drug-likeness (QED) is 0.757. The lowest BCUT2D eigenvalue weighted by Gasteiger charge is -2.51. The molecule has 0 radical (unpaired) electrons.